The fraction of sp³-hybridized carbons (Fsp3) is 0.238. The Labute approximate surface area is 166 Å². The molecule has 0 saturated heterocycles. The van der Waals surface area contributed by atoms with E-state index in [9.17, 15) is 13.6 Å². The largest absolute Gasteiger partial charge is 0.481 e. The van der Waals surface area contributed by atoms with Crippen LogP contribution in [0.1, 0.15) is 33.4 Å². The quantitative estimate of drug-likeness (QED) is 0.638. The van der Waals surface area contributed by atoms with Crippen molar-refractivity contribution in [3.63, 3.8) is 0 Å². The number of ether oxygens (including phenoxy) is 1. The standard InChI is InChI=1S/C21H20F2N2O2S/c1-4-14-9-17(12(2)25-21(14)27-3)18-5-6-19(28-18)20(26)24-11-13-7-15(22)10-16(23)8-13/h5-10H,4,11H2,1-3H3,(H,24,26). The number of pyridine rings is 1. The lowest BCUT2D eigenvalue weighted by Crippen LogP contribution is -2.21. The molecule has 146 valence electrons. The highest BCUT2D eigenvalue weighted by atomic mass is 32.1. The number of nitrogens with zero attached hydrogens (tertiary/aromatic N) is 1. The molecule has 0 bridgehead atoms. The predicted molar refractivity (Wildman–Crippen MR) is 106 cm³/mol. The second-order valence-corrected chi connectivity index (χ2v) is 7.35. The Balaban J connectivity index is 1.77. The topological polar surface area (TPSA) is 51.2 Å². The molecule has 1 N–H and O–H groups in total. The Morgan fingerprint density at radius 1 is 1.18 bits per heavy atom. The van der Waals surface area contributed by atoms with Crippen LogP contribution in [0.25, 0.3) is 10.4 Å². The summed E-state index contributed by atoms with van der Waals surface area (Å²) < 4.78 is 31.8. The van der Waals surface area contributed by atoms with Gasteiger partial charge in [0.05, 0.1) is 12.0 Å². The molecule has 28 heavy (non-hydrogen) atoms. The first-order valence-electron chi connectivity index (χ1n) is 8.79. The van der Waals surface area contributed by atoms with Crippen molar-refractivity contribution in [1.82, 2.24) is 10.3 Å². The van der Waals surface area contributed by atoms with E-state index in [2.05, 4.69) is 10.3 Å². The number of amides is 1. The van der Waals surface area contributed by atoms with Gasteiger partial charge in [-0.05, 0) is 49.2 Å². The Hall–Kier alpha value is -2.80. The molecular formula is C21H20F2N2O2S. The Kier molecular flexibility index (Phi) is 6.04. The van der Waals surface area contributed by atoms with Gasteiger partial charge in [0.1, 0.15) is 11.6 Å². The molecule has 1 aromatic carbocycles. The Morgan fingerprint density at radius 3 is 2.54 bits per heavy atom. The number of methoxy groups -OCH3 is 1. The van der Waals surface area contributed by atoms with Gasteiger partial charge >= 0.3 is 0 Å². The minimum Gasteiger partial charge on any atom is -0.481 e. The van der Waals surface area contributed by atoms with Gasteiger partial charge in [-0.1, -0.05) is 6.92 Å². The molecule has 7 heteroatoms. The fourth-order valence-corrected chi connectivity index (χ4v) is 3.88. The lowest BCUT2D eigenvalue weighted by molar-refractivity contribution is 0.0955. The monoisotopic (exact) mass is 402 g/mol. The zero-order chi connectivity index (χ0) is 20.3. The number of hydrogen-bond donors (Lipinski definition) is 1. The van der Waals surface area contributed by atoms with Crippen LogP contribution in [0.3, 0.4) is 0 Å². The summed E-state index contributed by atoms with van der Waals surface area (Å²) >= 11 is 1.34. The molecule has 3 rings (SSSR count). The Bertz CT molecular complexity index is 997. The number of rotatable bonds is 6. The molecule has 0 atom stereocenters. The molecule has 0 aliphatic heterocycles. The van der Waals surface area contributed by atoms with Crippen LogP contribution in [0.2, 0.25) is 0 Å². The SMILES string of the molecule is CCc1cc(-c2ccc(C(=O)NCc3cc(F)cc(F)c3)s2)c(C)nc1OC. The van der Waals surface area contributed by atoms with Gasteiger partial charge in [0.2, 0.25) is 5.88 Å². The lowest BCUT2D eigenvalue weighted by atomic mass is 10.1. The fourth-order valence-electron chi connectivity index (χ4n) is 2.89. The maximum absolute atomic E-state index is 13.3. The molecule has 0 spiro atoms. The molecule has 0 aliphatic rings. The summed E-state index contributed by atoms with van der Waals surface area (Å²) in [6.45, 7) is 3.97. The van der Waals surface area contributed by atoms with E-state index in [1.54, 1.807) is 13.2 Å². The molecular weight excluding hydrogens is 382 g/mol. The second-order valence-electron chi connectivity index (χ2n) is 6.27. The van der Waals surface area contributed by atoms with Crippen LogP contribution in [-0.2, 0) is 13.0 Å². The minimum atomic E-state index is -0.670. The molecule has 2 aromatic heterocycles. The molecule has 0 aliphatic carbocycles. The van der Waals surface area contributed by atoms with Gasteiger partial charge in [0.15, 0.2) is 0 Å². The van der Waals surface area contributed by atoms with Gasteiger partial charge < -0.3 is 10.1 Å². The number of carbonyl (C=O) groups is 1. The number of hydrogen-bond acceptors (Lipinski definition) is 4. The van der Waals surface area contributed by atoms with E-state index in [0.717, 1.165) is 34.2 Å². The summed E-state index contributed by atoms with van der Waals surface area (Å²) in [4.78, 5) is 18.4. The van der Waals surface area contributed by atoms with Crippen molar-refractivity contribution >= 4 is 17.2 Å². The Morgan fingerprint density at radius 2 is 1.89 bits per heavy atom. The van der Waals surface area contributed by atoms with Gasteiger partial charge in [-0.2, -0.15) is 0 Å². The van der Waals surface area contributed by atoms with E-state index in [1.165, 1.54) is 23.5 Å². The first-order chi connectivity index (χ1) is 13.4. The number of aromatic nitrogens is 1. The van der Waals surface area contributed by atoms with Crippen molar-refractivity contribution in [2.24, 2.45) is 0 Å². The minimum absolute atomic E-state index is 0.0455. The number of carbonyl (C=O) groups excluding carboxylic acids is 1. The molecule has 4 nitrogen and oxygen atoms in total. The van der Waals surface area contributed by atoms with Gasteiger partial charge in [0.25, 0.3) is 5.91 Å². The normalized spacial score (nSPS) is 10.8. The van der Waals surface area contributed by atoms with Crippen molar-refractivity contribution in [1.29, 1.82) is 0 Å². The van der Waals surface area contributed by atoms with Crippen LogP contribution in [0.15, 0.2) is 36.4 Å². The van der Waals surface area contributed by atoms with Crippen molar-refractivity contribution < 1.29 is 18.3 Å². The molecule has 0 saturated carbocycles. The first kappa shape index (κ1) is 19.9. The predicted octanol–water partition coefficient (Wildman–Crippen LogP) is 4.90. The zero-order valence-corrected chi connectivity index (χ0v) is 16.6. The average molecular weight is 402 g/mol. The number of aryl methyl sites for hydroxylation is 2. The van der Waals surface area contributed by atoms with Gasteiger partial charge in [-0.15, -0.1) is 11.3 Å². The van der Waals surface area contributed by atoms with E-state index < -0.39 is 11.6 Å². The van der Waals surface area contributed by atoms with Crippen LogP contribution < -0.4 is 10.1 Å². The van der Waals surface area contributed by atoms with Crippen molar-refractivity contribution in [3.05, 3.63) is 69.7 Å². The second kappa shape index (κ2) is 8.48. The number of benzene rings is 1. The summed E-state index contributed by atoms with van der Waals surface area (Å²) in [6.07, 6.45) is 0.784. The highest BCUT2D eigenvalue weighted by Crippen LogP contribution is 2.33. The highest BCUT2D eigenvalue weighted by molar-refractivity contribution is 7.17. The number of halogens is 2. The third-order valence-corrected chi connectivity index (χ3v) is 5.41. The molecule has 3 aromatic rings. The van der Waals surface area contributed by atoms with E-state index in [0.29, 0.717) is 16.3 Å². The van der Waals surface area contributed by atoms with E-state index >= 15 is 0 Å². The maximum Gasteiger partial charge on any atom is 0.261 e. The molecule has 0 unspecified atom stereocenters. The summed E-state index contributed by atoms with van der Waals surface area (Å²) in [5.74, 6) is -1.02. The molecule has 1 amide bonds. The van der Waals surface area contributed by atoms with Gasteiger partial charge in [-0.25, -0.2) is 13.8 Å². The van der Waals surface area contributed by atoms with E-state index in [-0.39, 0.29) is 12.5 Å². The number of nitrogens with one attached hydrogen (secondary N) is 1. The molecule has 0 radical (unpaired) electrons. The maximum atomic E-state index is 13.3. The summed E-state index contributed by atoms with van der Waals surface area (Å²) in [5.41, 5.74) is 3.13. The van der Waals surface area contributed by atoms with Crippen molar-refractivity contribution in [2.45, 2.75) is 26.8 Å². The summed E-state index contributed by atoms with van der Waals surface area (Å²) in [5, 5.41) is 2.69. The third-order valence-electron chi connectivity index (χ3n) is 4.30. The van der Waals surface area contributed by atoms with Crippen LogP contribution >= 0.6 is 11.3 Å². The van der Waals surface area contributed by atoms with E-state index in [4.69, 9.17) is 4.74 Å². The summed E-state index contributed by atoms with van der Waals surface area (Å²) in [6, 6.07) is 8.83. The molecule has 0 fully saturated rings. The van der Waals surface area contributed by atoms with Crippen LogP contribution in [0, 0.1) is 18.6 Å². The van der Waals surface area contributed by atoms with Crippen LogP contribution in [0.4, 0.5) is 8.78 Å². The van der Waals surface area contributed by atoms with Crippen LogP contribution in [-0.4, -0.2) is 18.0 Å². The zero-order valence-electron chi connectivity index (χ0n) is 15.8. The number of thiophene rings is 1. The highest BCUT2D eigenvalue weighted by Gasteiger charge is 2.15. The first-order valence-corrected chi connectivity index (χ1v) is 9.60. The lowest BCUT2D eigenvalue weighted by Gasteiger charge is -2.10. The van der Waals surface area contributed by atoms with Gasteiger partial charge in [-0.3, -0.25) is 4.79 Å². The van der Waals surface area contributed by atoms with Gasteiger partial charge in [0, 0.05) is 34.3 Å². The summed E-state index contributed by atoms with van der Waals surface area (Å²) in [7, 11) is 1.60. The third kappa shape index (κ3) is 4.36. The van der Waals surface area contributed by atoms with Crippen LogP contribution in [0.5, 0.6) is 5.88 Å². The van der Waals surface area contributed by atoms with E-state index in [1.807, 2.05) is 26.0 Å². The smallest absolute Gasteiger partial charge is 0.261 e. The van der Waals surface area contributed by atoms with Crippen molar-refractivity contribution in [2.75, 3.05) is 7.11 Å². The van der Waals surface area contributed by atoms with Crippen molar-refractivity contribution in [3.8, 4) is 16.3 Å². The average Bonchev–Trinajstić information content (AvgIpc) is 3.15. The molecule has 2 heterocycles.